The molecule has 12 heteroatoms. The van der Waals surface area contributed by atoms with E-state index in [1.165, 1.54) is 22.7 Å². The van der Waals surface area contributed by atoms with Crippen LogP contribution in [0, 0.1) is 0 Å². The van der Waals surface area contributed by atoms with Crippen LogP contribution >= 0.6 is 23.2 Å². The van der Waals surface area contributed by atoms with Crippen LogP contribution in [0.15, 0.2) is 47.9 Å². The summed E-state index contributed by atoms with van der Waals surface area (Å²) in [6.07, 6.45) is -1.39. The van der Waals surface area contributed by atoms with Crippen LogP contribution in [0.1, 0.15) is 11.6 Å². The monoisotopic (exact) mass is 438 g/mol. The van der Waals surface area contributed by atoms with Crippen molar-refractivity contribution in [3.63, 3.8) is 0 Å². The lowest BCUT2D eigenvalue weighted by atomic mass is 10.1. The maximum Gasteiger partial charge on any atom is 0.409 e. The topological polar surface area (TPSA) is 67.6 Å². The normalized spacial score (nSPS) is 14.0. The van der Waals surface area contributed by atoms with E-state index in [4.69, 9.17) is 23.2 Å². The molecule has 0 fully saturated rings. The molecule has 0 aliphatic rings. The Balaban J connectivity index is 2.07. The van der Waals surface area contributed by atoms with Gasteiger partial charge in [0.1, 0.15) is 11.2 Å². The fraction of sp³-hybridized carbons (Fsp3) is 0.200. The van der Waals surface area contributed by atoms with E-state index >= 15 is 0 Å². The summed E-state index contributed by atoms with van der Waals surface area (Å²) in [5.74, 6) is 0. The third kappa shape index (κ3) is 3.88. The van der Waals surface area contributed by atoms with Crippen molar-refractivity contribution in [2.75, 3.05) is 7.05 Å². The van der Waals surface area contributed by atoms with E-state index in [1.807, 2.05) is 0 Å². The zero-order valence-electron chi connectivity index (χ0n) is 13.5. The van der Waals surface area contributed by atoms with Gasteiger partial charge in [0.05, 0.1) is 6.20 Å². The van der Waals surface area contributed by atoms with Crippen molar-refractivity contribution in [2.45, 2.75) is 17.2 Å². The van der Waals surface area contributed by atoms with Crippen LogP contribution < -0.4 is 0 Å². The van der Waals surface area contributed by atoms with Gasteiger partial charge >= 0.3 is 6.18 Å². The smallest absolute Gasteiger partial charge is 0.301 e. The first-order chi connectivity index (χ1) is 12.5. The summed E-state index contributed by atoms with van der Waals surface area (Å²) in [6, 6.07) is 2.35. The summed E-state index contributed by atoms with van der Waals surface area (Å²) in [5, 5.41) is -0.252. The van der Waals surface area contributed by atoms with E-state index in [2.05, 4.69) is 9.97 Å². The average molecular weight is 439 g/mol. The first-order valence-electron chi connectivity index (χ1n) is 7.30. The van der Waals surface area contributed by atoms with Crippen LogP contribution in [0.4, 0.5) is 13.2 Å². The molecule has 0 aliphatic heterocycles. The lowest BCUT2D eigenvalue weighted by Crippen LogP contribution is -2.40. The summed E-state index contributed by atoms with van der Waals surface area (Å²) in [4.78, 5) is 7.60. The second kappa shape index (κ2) is 6.93. The number of hydrogen-bond acceptors (Lipinski definition) is 4. The molecule has 0 unspecified atom stereocenters. The van der Waals surface area contributed by atoms with Crippen molar-refractivity contribution in [3.05, 3.63) is 58.6 Å². The van der Waals surface area contributed by atoms with Gasteiger partial charge in [-0.2, -0.15) is 17.5 Å². The highest BCUT2D eigenvalue weighted by Crippen LogP contribution is 2.39. The third-order valence-corrected chi connectivity index (χ3v) is 5.93. The molecule has 0 bridgehead atoms. The SMILES string of the molecule is CN([C@H](c1ccc(Cl)cc1)C(F)(F)F)S(=O)(=O)c1cn2cc(Cl)nc2cn1. The third-order valence-electron chi connectivity index (χ3n) is 3.79. The second-order valence-electron chi connectivity index (χ2n) is 5.57. The van der Waals surface area contributed by atoms with Crippen molar-refractivity contribution in [3.8, 4) is 0 Å². The van der Waals surface area contributed by atoms with Gasteiger partial charge in [-0.1, -0.05) is 35.3 Å². The number of imidazole rings is 1. The van der Waals surface area contributed by atoms with Crippen molar-refractivity contribution < 1.29 is 21.6 Å². The van der Waals surface area contributed by atoms with Crippen molar-refractivity contribution in [1.29, 1.82) is 0 Å². The molecule has 2 heterocycles. The predicted molar refractivity (Wildman–Crippen MR) is 93.2 cm³/mol. The molecule has 27 heavy (non-hydrogen) atoms. The number of halogens is 5. The highest BCUT2D eigenvalue weighted by Gasteiger charge is 2.48. The standard InChI is InChI=1S/C15H11Cl2F3N4O2S/c1-23(14(15(18,19)20)9-2-4-10(16)5-3-9)27(25,26)13-8-24-7-11(17)22-12(24)6-21-13/h2-8,14H,1H3/t14-/m1/s1. The Morgan fingerprint density at radius 1 is 1.15 bits per heavy atom. The molecule has 1 aromatic carbocycles. The van der Waals surface area contributed by atoms with Gasteiger partial charge in [0, 0.05) is 24.5 Å². The van der Waals surface area contributed by atoms with E-state index in [-0.39, 0.29) is 25.7 Å². The molecule has 144 valence electrons. The summed E-state index contributed by atoms with van der Waals surface area (Å²) in [6.45, 7) is 0. The number of nitrogens with zero attached hydrogens (tertiary/aromatic N) is 4. The van der Waals surface area contributed by atoms with Gasteiger partial charge in [0.15, 0.2) is 10.7 Å². The molecular formula is C15H11Cl2F3N4O2S. The summed E-state index contributed by atoms with van der Waals surface area (Å²) >= 11 is 11.4. The predicted octanol–water partition coefficient (Wildman–Crippen LogP) is 3.96. The van der Waals surface area contributed by atoms with Gasteiger partial charge in [-0.25, -0.2) is 18.4 Å². The van der Waals surface area contributed by atoms with E-state index in [1.54, 1.807) is 0 Å². The van der Waals surface area contributed by atoms with Crippen molar-refractivity contribution in [2.24, 2.45) is 0 Å². The molecule has 1 atom stereocenters. The molecule has 2 aromatic heterocycles. The van der Waals surface area contributed by atoms with Crippen molar-refractivity contribution >= 4 is 38.9 Å². The Hall–Kier alpha value is -1.88. The maximum atomic E-state index is 13.7. The Labute approximate surface area is 162 Å². The molecular weight excluding hydrogens is 428 g/mol. The van der Waals surface area contributed by atoms with Crippen LogP contribution in [0.25, 0.3) is 5.65 Å². The summed E-state index contributed by atoms with van der Waals surface area (Å²) in [5.41, 5.74) is -0.0172. The van der Waals surface area contributed by atoms with Crippen LogP contribution in [0.5, 0.6) is 0 Å². The van der Waals surface area contributed by atoms with Crippen LogP contribution in [-0.2, 0) is 10.0 Å². The number of hydrogen-bond donors (Lipinski definition) is 0. The summed E-state index contributed by atoms with van der Waals surface area (Å²) < 4.78 is 68.1. The minimum absolute atomic E-state index is 0.0917. The quantitative estimate of drug-likeness (QED) is 0.618. The van der Waals surface area contributed by atoms with Gasteiger partial charge < -0.3 is 4.40 Å². The molecule has 6 nitrogen and oxygen atoms in total. The Morgan fingerprint density at radius 2 is 1.78 bits per heavy atom. The summed E-state index contributed by atoms with van der Waals surface area (Å²) in [7, 11) is -3.74. The highest BCUT2D eigenvalue weighted by atomic mass is 35.5. The Bertz CT molecular complexity index is 1080. The fourth-order valence-electron chi connectivity index (χ4n) is 2.52. The van der Waals surface area contributed by atoms with Gasteiger partial charge in [-0.3, -0.25) is 0 Å². The lowest BCUT2D eigenvalue weighted by Gasteiger charge is -2.29. The number of rotatable bonds is 4. The highest BCUT2D eigenvalue weighted by molar-refractivity contribution is 7.89. The molecule has 0 amide bonds. The van der Waals surface area contributed by atoms with Crippen LogP contribution in [0.3, 0.4) is 0 Å². The lowest BCUT2D eigenvalue weighted by molar-refractivity contribution is -0.171. The van der Waals surface area contributed by atoms with Crippen molar-refractivity contribution in [1.82, 2.24) is 18.7 Å². The first kappa shape index (κ1) is 19.9. The number of aromatic nitrogens is 3. The molecule has 0 saturated carbocycles. The Kier molecular flexibility index (Phi) is 5.10. The minimum atomic E-state index is -4.86. The number of alkyl halides is 3. The van der Waals surface area contributed by atoms with E-state index < -0.39 is 27.3 Å². The largest absolute Gasteiger partial charge is 0.409 e. The van der Waals surface area contributed by atoms with Gasteiger partial charge in [0.25, 0.3) is 10.0 Å². The van der Waals surface area contributed by atoms with Gasteiger partial charge in [0.2, 0.25) is 0 Å². The zero-order chi connectivity index (χ0) is 20.0. The van der Waals surface area contributed by atoms with Crippen LogP contribution in [0.2, 0.25) is 10.2 Å². The number of sulfonamides is 1. The second-order valence-corrected chi connectivity index (χ2v) is 8.34. The molecule has 3 rings (SSSR count). The van der Waals surface area contributed by atoms with E-state index in [9.17, 15) is 21.6 Å². The fourth-order valence-corrected chi connectivity index (χ4v) is 4.08. The molecule has 0 radical (unpaired) electrons. The molecule has 3 aromatic rings. The molecule has 0 spiro atoms. The molecule has 0 aliphatic carbocycles. The van der Waals surface area contributed by atoms with Crippen LogP contribution in [-0.4, -0.2) is 40.3 Å². The van der Waals surface area contributed by atoms with E-state index in [0.29, 0.717) is 0 Å². The molecule has 0 N–H and O–H groups in total. The Morgan fingerprint density at radius 3 is 2.37 bits per heavy atom. The number of benzene rings is 1. The van der Waals surface area contributed by atoms with E-state index in [0.717, 1.165) is 31.6 Å². The average Bonchev–Trinajstić information content (AvgIpc) is 2.94. The maximum absolute atomic E-state index is 13.7. The van der Waals surface area contributed by atoms with Gasteiger partial charge in [-0.05, 0) is 17.7 Å². The first-order valence-corrected chi connectivity index (χ1v) is 9.50. The zero-order valence-corrected chi connectivity index (χ0v) is 15.9. The molecule has 0 saturated heterocycles. The van der Waals surface area contributed by atoms with Gasteiger partial charge in [-0.15, -0.1) is 0 Å². The number of fused-ring (bicyclic) bond motifs is 1. The minimum Gasteiger partial charge on any atom is -0.301 e.